The highest BCUT2D eigenvalue weighted by atomic mass is 32.1. The van der Waals surface area contributed by atoms with Gasteiger partial charge in [-0.25, -0.2) is 4.98 Å². The first-order chi connectivity index (χ1) is 11.2. The van der Waals surface area contributed by atoms with Crippen molar-refractivity contribution in [1.82, 2.24) is 10.3 Å². The number of hydrogen-bond donors (Lipinski definition) is 2. The molecule has 23 heavy (non-hydrogen) atoms. The first kappa shape index (κ1) is 14.8. The largest absolute Gasteiger partial charge is 0.382 e. The van der Waals surface area contributed by atoms with E-state index in [1.165, 1.54) is 22.7 Å². The van der Waals surface area contributed by atoms with Gasteiger partial charge in [0.1, 0.15) is 5.60 Å². The molecule has 1 aliphatic rings. The van der Waals surface area contributed by atoms with Crippen LogP contribution in [0.25, 0.3) is 10.2 Å². The number of amides is 1. The van der Waals surface area contributed by atoms with E-state index < -0.39 is 5.60 Å². The molecule has 1 fully saturated rings. The lowest BCUT2D eigenvalue weighted by Gasteiger charge is -2.27. The first-order valence-electron chi connectivity index (χ1n) is 7.57. The summed E-state index contributed by atoms with van der Waals surface area (Å²) in [5.74, 6) is 0.0126. The standard InChI is InChI=1S/C17H16N2O2S2/c20-15(16-19-12-4-1-2-5-13(12)23-16)18-10-17(21,11-7-8-11)14-6-3-9-22-14/h1-6,9,11,21H,7-8,10H2,(H,18,20)/t17-/m1/s1. The molecule has 6 heteroatoms. The minimum Gasteiger partial charge on any atom is -0.382 e. The molecule has 0 spiro atoms. The van der Waals surface area contributed by atoms with Gasteiger partial charge in [0, 0.05) is 4.88 Å². The summed E-state index contributed by atoms with van der Waals surface area (Å²) in [7, 11) is 0. The van der Waals surface area contributed by atoms with Crippen molar-refractivity contribution in [3.05, 3.63) is 51.7 Å². The van der Waals surface area contributed by atoms with Crippen LogP contribution in [0.15, 0.2) is 41.8 Å². The van der Waals surface area contributed by atoms with Gasteiger partial charge in [-0.05, 0) is 42.3 Å². The number of benzene rings is 1. The smallest absolute Gasteiger partial charge is 0.280 e. The maximum atomic E-state index is 12.4. The third-order valence-corrected chi connectivity index (χ3v) is 6.28. The number of hydrogen-bond acceptors (Lipinski definition) is 5. The van der Waals surface area contributed by atoms with Gasteiger partial charge in [-0.2, -0.15) is 0 Å². The van der Waals surface area contributed by atoms with E-state index in [4.69, 9.17) is 0 Å². The summed E-state index contributed by atoms with van der Waals surface area (Å²) in [6.07, 6.45) is 2.01. The van der Waals surface area contributed by atoms with Crippen LogP contribution in [0.4, 0.5) is 0 Å². The van der Waals surface area contributed by atoms with Crippen LogP contribution in [0.2, 0.25) is 0 Å². The SMILES string of the molecule is O=C(NC[C@](O)(c1cccs1)C1CC1)c1nc2ccccc2s1. The Bertz CT molecular complexity index is 806. The van der Waals surface area contributed by atoms with Crippen molar-refractivity contribution in [2.45, 2.75) is 18.4 Å². The van der Waals surface area contributed by atoms with E-state index in [9.17, 15) is 9.90 Å². The van der Waals surface area contributed by atoms with E-state index in [1.807, 2.05) is 41.8 Å². The van der Waals surface area contributed by atoms with Crippen LogP contribution in [0.5, 0.6) is 0 Å². The molecule has 3 aromatic rings. The minimum absolute atomic E-state index is 0.221. The molecule has 1 aliphatic carbocycles. The third kappa shape index (κ3) is 2.78. The maximum absolute atomic E-state index is 12.4. The Kier molecular flexibility index (Phi) is 3.67. The molecule has 0 aliphatic heterocycles. The van der Waals surface area contributed by atoms with E-state index in [-0.39, 0.29) is 18.4 Å². The molecule has 4 rings (SSSR count). The zero-order chi connectivity index (χ0) is 15.9. The average Bonchev–Trinajstić information content (AvgIpc) is 3.12. The Labute approximate surface area is 141 Å². The molecule has 1 atom stereocenters. The molecular formula is C17H16N2O2S2. The summed E-state index contributed by atoms with van der Waals surface area (Å²) in [6, 6.07) is 11.6. The topological polar surface area (TPSA) is 62.2 Å². The number of nitrogens with zero attached hydrogens (tertiary/aromatic N) is 1. The summed E-state index contributed by atoms with van der Waals surface area (Å²) in [6.45, 7) is 0.229. The number of carbonyl (C=O) groups is 1. The maximum Gasteiger partial charge on any atom is 0.280 e. The molecular weight excluding hydrogens is 328 g/mol. The molecule has 2 aromatic heterocycles. The van der Waals surface area contributed by atoms with Crippen LogP contribution in [0, 0.1) is 5.92 Å². The molecule has 2 heterocycles. The molecule has 2 N–H and O–H groups in total. The molecule has 4 nitrogen and oxygen atoms in total. The van der Waals surface area contributed by atoms with Crippen LogP contribution in [0.3, 0.4) is 0 Å². The molecule has 0 radical (unpaired) electrons. The second-order valence-corrected chi connectivity index (χ2v) is 7.82. The van der Waals surface area contributed by atoms with Gasteiger partial charge < -0.3 is 10.4 Å². The normalized spacial score (nSPS) is 17.1. The molecule has 0 bridgehead atoms. The number of carbonyl (C=O) groups excluding carboxylic acids is 1. The van der Waals surface area contributed by atoms with Gasteiger partial charge in [0.25, 0.3) is 5.91 Å². The lowest BCUT2D eigenvalue weighted by Crippen LogP contribution is -2.42. The van der Waals surface area contributed by atoms with Crippen molar-refractivity contribution >= 4 is 38.8 Å². The van der Waals surface area contributed by atoms with Gasteiger partial charge >= 0.3 is 0 Å². The highest BCUT2D eigenvalue weighted by Gasteiger charge is 2.46. The average molecular weight is 344 g/mol. The highest BCUT2D eigenvalue weighted by molar-refractivity contribution is 7.20. The van der Waals surface area contributed by atoms with E-state index in [1.54, 1.807) is 0 Å². The van der Waals surface area contributed by atoms with Gasteiger partial charge in [-0.3, -0.25) is 4.79 Å². The summed E-state index contributed by atoms with van der Waals surface area (Å²) in [5, 5.41) is 16.3. The summed E-state index contributed by atoms with van der Waals surface area (Å²) in [5.41, 5.74) is -0.126. The lowest BCUT2D eigenvalue weighted by atomic mass is 9.95. The number of rotatable bonds is 5. The molecule has 0 saturated heterocycles. The molecule has 1 amide bonds. The zero-order valence-corrected chi connectivity index (χ0v) is 14.0. The van der Waals surface area contributed by atoms with Gasteiger partial charge in [-0.1, -0.05) is 18.2 Å². The molecule has 0 unspecified atom stereocenters. The summed E-state index contributed by atoms with van der Waals surface area (Å²) < 4.78 is 0.994. The predicted molar refractivity (Wildman–Crippen MR) is 92.9 cm³/mol. The number of aromatic nitrogens is 1. The van der Waals surface area contributed by atoms with Crippen LogP contribution < -0.4 is 5.32 Å². The van der Waals surface area contributed by atoms with Gasteiger partial charge in [-0.15, -0.1) is 22.7 Å². The number of thiazole rings is 1. The van der Waals surface area contributed by atoms with Gasteiger partial charge in [0.05, 0.1) is 16.8 Å². The van der Waals surface area contributed by atoms with Gasteiger partial charge in [0.2, 0.25) is 0 Å². The summed E-state index contributed by atoms with van der Waals surface area (Å²) in [4.78, 5) is 17.7. The van der Waals surface area contributed by atoms with Crippen LogP contribution in [-0.2, 0) is 5.60 Å². The van der Waals surface area contributed by atoms with Gasteiger partial charge in [0.15, 0.2) is 5.01 Å². The van der Waals surface area contributed by atoms with Crippen molar-refractivity contribution < 1.29 is 9.90 Å². The number of para-hydroxylation sites is 1. The van der Waals surface area contributed by atoms with Crippen molar-refractivity contribution in [2.24, 2.45) is 5.92 Å². The first-order valence-corrected chi connectivity index (χ1v) is 9.26. The van der Waals surface area contributed by atoms with E-state index >= 15 is 0 Å². The van der Waals surface area contributed by atoms with Crippen molar-refractivity contribution in [3.8, 4) is 0 Å². The second-order valence-electron chi connectivity index (χ2n) is 5.85. The fourth-order valence-electron chi connectivity index (χ4n) is 2.78. The zero-order valence-electron chi connectivity index (χ0n) is 12.4. The quantitative estimate of drug-likeness (QED) is 0.746. The van der Waals surface area contributed by atoms with Crippen molar-refractivity contribution in [2.75, 3.05) is 6.54 Å². The predicted octanol–water partition coefficient (Wildman–Crippen LogP) is 3.39. The number of aliphatic hydroxyl groups is 1. The Balaban J connectivity index is 1.52. The van der Waals surface area contributed by atoms with Crippen molar-refractivity contribution in [3.63, 3.8) is 0 Å². The number of thiophene rings is 1. The monoisotopic (exact) mass is 344 g/mol. The molecule has 118 valence electrons. The second kappa shape index (κ2) is 5.70. The Hall–Kier alpha value is -1.76. The fraction of sp³-hybridized carbons (Fsp3) is 0.294. The van der Waals surface area contributed by atoms with Crippen LogP contribution in [0.1, 0.15) is 27.5 Å². The Morgan fingerprint density at radius 2 is 2.13 bits per heavy atom. The molecule has 1 saturated carbocycles. The van der Waals surface area contributed by atoms with Crippen LogP contribution >= 0.6 is 22.7 Å². The minimum atomic E-state index is -0.958. The Morgan fingerprint density at radius 1 is 1.30 bits per heavy atom. The number of nitrogens with one attached hydrogen (secondary N) is 1. The van der Waals surface area contributed by atoms with Crippen molar-refractivity contribution in [1.29, 1.82) is 0 Å². The van der Waals surface area contributed by atoms with E-state index in [2.05, 4.69) is 10.3 Å². The lowest BCUT2D eigenvalue weighted by molar-refractivity contribution is 0.0169. The Morgan fingerprint density at radius 3 is 2.83 bits per heavy atom. The number of fused-ring (bicyclic) bond motifs is 1. The third-order valence-electron chi connectivity index (χ3n) is 4.21. The highest BCUT2D eigenvalue weighted by Crippen LogP contribution is 2.46. The summed E-state index contributed by atoms with van der Waals surface area (Å²) >= 11 is 2.91. The van der Waals surface area contributed by atoms with E-state index in [0.29, 0.717) is 5.01 Å². The fourth-order valence-corrected chi connectivity index (χ4v) is 4.56. The van der Waals surface area contributed by atoms with E-state index in [0.717, 1.165) is 27.9 Å². The molecule has 1 aromatic carbocycles. The van der Waals surface area contributed by atoms with Crippen LogP contribution in [-0.4, -0.2) is 22.5 Å².